The molecular formula is C23H26ClN3O4. The van der Waals surface area contributed by atoms with Gasteiger partial charge in [0.1, 0.15) is 5.75 Å². The number of methoxy groups -OCH3 is 2. The summed E-state index contributed by atoms with van der Waals surface area (Å²) < 4.78 is 10.1. The quantitative estimate of drug-likeness (QED) is 0.387. The molecule has 2 aromatic carbocycles. The molecule has 8 heteroatoms. The summed E-state index contributed by atoms with van der Waals surface area (Å²) in [5, 5.41) is 3.25. The summed E-state index contributed by atoms with van der Waals surface area (Å²) in [6.45, 7) is 1.02. The van der Waals surface area contributed by atoms with Crippen LogP contribution in [-0.2, 0) is 16.1 Å². The van der Waals surface area contributed by atoms with Crippen molar-refractivity contribution in [2.24, 2.45) is 0 Å². The van der Waals surface area contributed by atoms with Crippen LogP contribution in [0.2, 0.25) is 5.02 Å². The minimum atomic E-state index is -0.390. The number of carbonyl (C=O) groups excluding carboxylic acids is 2. The fourth-order valence-electron chi connectivity index (χ4n) is 3.64. The third kappa shape index (κ3) is 5.49. The number of nitrogen functional groups attached to an aromatic ring is 1. The van der Waals surface area contributed by atoms with Gasteiger partial charge in [-0.25, -0.2) is 4.79 Å². The molecule has 1 saturated heterocycles. The molecule has 164 valence electrons. The van der Waals surface area contributed by atoms with Crippen LogP contribution in [0.15, 0.2) is 54.2 Å². The maximum atomic E-state index is 12.8. The number of benzene rings is 2. The van der Waals surface area contributed by atoms with Crippen LogP contribution in [0, 0.1) is 0 Å². The number of amides is 1. The lowest BCUT2D eigenvalue weighted by Gasteiger charge is -2.28. The molecule has 1 fully saturated rings. The number of carbonyl (C=O) groups is 2. The highest BCUT2D eigenvalue weighted by Crippen LogP contribution is 2.31. The van der Waals surface area contributed by atoms with Crippen molar-refractivity contribution >= 4 is 29.2 Å². The van der Waals surface area contributed by atoms with Gasteiger partial charge in [-0.15, -0.1) is 0 Å². The second kappa shape index (κ2) is 10.2. The van der Waals surface area contributed by atoms with Gasteiger partial charge in [-0.2, -0.15) is 0 Å². The zero-order valence-corrected chi connectivity index (χ0v) is 18.3. The predicted molar refractivity (Wildman–Crippen MR) is 120 cm³/mol. The van der Waals surface area contributed by atoms with E-state index in [1.54, 1.807) is 0 Å². The van der Waals surface area contributed by atoms with E-state index < -0.39 is 0 Å². The second-order valence-electron chi connectivity index (χ2n) is 7.25. The number of halogens is 1. The number of hydrogen-bond acceptors (Lipinski definition) is 6. The third-order valence-corrected chi connectivity index (χ3v) is 5.61. The maximum Gasteiger partial charge on any atom is 0.332 e. The molecule has 0 aliphatic carbocycles. The average molecular weight is 444 g/mol. The number of ether oxygens (including phenoxy) is 2. The normalized spacial score (nSPS) is 16.9. The summed E-state index contributed by atoms with van der Waals surface area (Å²) in [5.41, 5.74) is 8.47. The molecule has 3 N–H and O–H groups in total. The van der Waals surface area contributed by atoms with Crippen LogP contribution >= 0.6 is 11.6 Å². The van der Waals surface area contributed by atoms with Gasteiger partial charge in [0.2, 0.25) is 0 Å². The molecule has 31 heavy (non-hydrogen) atoms. The molecule has 2 aromatic rings. The molecule has 1 atom stereocenters. The van der Waals surface area contributed by atoms with Crippen molar-refractivity contribution in [3.05, 3.63) is 70.4 Å². The van der Waals surface area contributed by atoms with Gasteiger partial charge in [-0.1, -0.05) is 41.9 Å². The lowest BCUT2D eigenvalue weighted by molar-refractivity contribution is -0.135. The number of rotatable bonds is 7. The molecule has 0 saturated carbocycles. The van der Waals surface area contributed by atoms with Crippen LogP contribution in [0.5, 0.6) is 5.75 Å². The van der Waals surface area contributed by atoms with E-state index in [2.05, 4.69) is 10.2 Å². The molecular weight excluding hydrogens is 418 g/mol. The van der Waals surface area contributed by atoms with Crippen molar-refractivity contribution in [2.75, 3.05) is 26.5 Å². The van der Waals surface area contributed by atoms with Crippen molar-refractivity contribution in [2.45, 2.75) is 25.4 Å². The number of nitrogens with one attached hydrogen (secondary N) is 1. The summed E-state index contributed by atoms with van der Waals surface area (Å²) in [4.78, 5) is 26.8. The Hall–Kier alpha value is -3.19. The predicted octanol–water partition coefficient (Wildman–Crippen LogP) is 3.38. The van der Waals surface area contributed by atoms with Crippen molar-refractivity contribution in [3.63, 3.8) is 0 Å². The summed E-state index contributed by atoms with van der Waals surface area (Å²) in [6.07, 6.45) is 3.04. The van der Waals surface area contributed by atoms with Crippen LogP contribution in [-0.4, -0.2) is 43.6 Å². The molecule has 3 rings (SSSR count). The van der Waals surface area contributed by atoms with Crippen LogP contribution in [0.1, 0.15) is 28.8 Å². The van der Waals surface area contributed by atoms with Gasteiger partial charge in [0.25, 0.3) is 5.91 Å². The first kappa shape index (κ1) is 22.5. The summed E-state index contributed by atoms with van der Waals surface area (Å²) in [5.74, 6) is -0.332. The van der Waals surface area contributed by atoms with E-state index in [1.165, 1.54) is 32.4 Å². The van der Waals surface area contributed by atoms with Gasteiger partial charge in [-0.3, -0.25) is 4.79 Å². The third-order valence-electron chi connectivity index (χ3n) is 5.29. The Morgan fingerprint density at radius 1 is 1.26 bits per heavy atom. The number of esters is 1. The molecule has 0 radical (unpaired) electrons. The number of anilines is 1. The van der Waals surface area contributed by atoms with Gasteiger partial charge in [0, 0.05) is 37.0 Å². The molecule has 1 unspecified atom stereocenters. The van der Waals surface area contributed by atoms with Gasteiger partial charge in [-0.05, 0) is 24.5 Å². The van der Waals surface area contributed by atoms with Gasteiger partial charge in [0.15, 0.2) is 0 Å². The fraction of sp³-hybridized carbons (Fsp3) is 0.304. The molecule has 1 aliphatic rings. The van der Waals surface area contributed by atoms with Crippen LogP contribution in [0.25, 0.3) is 0 Å². The lowest BCUT2D eigenvalue weighted by Crippen LogP contribution is -2.39. The zero-order valence-electron chi connectivity index (χ0n) is 17.6. The monoisotopic (exact) mass is 443 g/mol. The van der Waals surface area contributed by atoms with Gasteiger partial charge >= 0.3 is 5.97 Å². The Morgan fingerprint density at radius 2 is 2.00 bits per heavy atom. The van der Waals surface area contributed by atoms with E-state index in [1.807, 2.05) is 30.3 Å². The Balaban J connectivity index is 1.76. The van der Waals surface area contributed by atoms with Crippen molar-refractivity contribution in [3.8, 4) is 5.75 Å². The summed E-state index contributed by atoms with van der Waals surface area (Å²) >= 11 is 6.09. The number of likely N-dealkylation sites (tertiary alicyclic amines) is 1. The van der Waals surface area contributed by atoms with Crippen LogP contribution in [0.3, 0.4) is 0 Å². The number of nitrogens with two attached hydrogens (primary N) is 1. The zero-order chi connectivity index (χ0) is 22.4. The first-order chi connectivity index (χ1) is 14.9. The highest BCUT2D eigenvalue weighted by atomic mass is 35.5. The molecule has 0 aromatic heterocycles. The second-order valence-corrected chi connectivity index (χ2v) is 7.66. The SMILES string of the molecule is COC(=O)/C=C1\CCC(CNC(=O)c2cc(Cl)c(N)cc2OC)N1Cc1ccccc1. The molecule has 7 nitrogen and oxygen atoms in total. The van der Waals surface area contributed by atoms with E-state index in [0.717, 1.165) is 24.1 Å². The number of allylic oxidation sites excluding steroid dienone is 1. The smallest absolute Gasteiger partial charge is 0.332 e. The van der Waals surface area contributed by atoms with E-state index in [0.29, 0.717) is 35.1 Å². The Labute approximate surface area is 186 Å². The molecule has 1 heterocycles. The van der Waals surface area contributed by atoms with E-state index in [-0.39, 0.29) is 17.9 Å². The van der Waals surface area contributed by atoms with Crippen LogP contribution in [0.4, 0.5) is 5.69 Å². The highest BCUT2D eigenvalue weighted by Gasteiger charge is 2.29. The highest BCUT2D eigenvalue weighted by molar-refractivity contribution is 6.33. The van der Waals surface area contributed by atoms with Gasteiger partial charge < -0.3 is 25.4 Å². The standard InChI is InChI=1S/C23H26ClN3O4/c1-30-21-12-20(25)19(24)11-18(21)23(29)26-13-17-9-8-16(10-22(28)31-2)27(17)14-15-6-4-3-5-7-15/h3-7,10-12,17H,8-9,13-14,25H2,1-2H3,(H,26,29)/b16-10+. The van der Waals surface area contributed by atoms with E-state index in [4.69, 9.17) is 26.8 Å². The maximum absolute atomic E-state index is 12.8. The van der Waals surface area contributed by atoms with E-state index >= 15 is 0 Å². The average Bonchev–Trinajstić information content (AvgIpc) is 3.15. The van der Waals surface area contributed by atoms with Gasteiger partial charge in [0.05, 0.1) is 30.5 Å². The van der Waals surface area contributed by atoms with Crippen molar-refractivity contribution < 1.29 is 19.1 Å². The summed E-state index contributed by atoms with van der Waals surface area (Å²) in [7, 11) is 2.83. The largest absolute Gasteiger partial charge is 0.496 e. The molecule has 1 aliphatic heterocycles. The first-order valence-electron chi connectivity index (χ1n) is 9.93. The summed E-state index contributed by atoms with van der Waals surface area (Å²) in [6, 6.07) is 13.0. The minimum absolute atomic E-state index is 0.0234. The molecule has 0 bridgehead atoms. The van der Waals surface area contributed by atoms with Crippen molar-refractivity contribution in [1.29, 1.82) is 0 Å². The Kier molecular flexibility index (Phi) is 7.41. The number of hydrogen-bond donors (Lipinski definition) is 2. The minimum Gasteiger partial charge on any atom is -0.496 e. The van der Waals surface area contributed by atoms with Crippen molar-refractivity contribution in [1.82, 2.24) is 10.2 Å². The Bertz CT molecular complexity index is 978. The molecule has 1 amide bonds. The van der Waals surface area contributed by atoms with E-state index in [9.17, 15) is 9.59 Å². The lowest BCUT2D eigenvalue weighted by atomic mass is 10.1. The first-order valence-corrected chi connectivity index (χ1v) is 10.3. The Morgan fingerprint density at radius 3 is 2.68 bits per heavy atom. The topological polar surface area (TPSA) is 93.9 Å². The number of nitrogens with zero attached hydrogens (tertiary/aromatic N) is 1. The molecule has 0 spiro atoms. The fourth-order valence-corrected chi connectivity index (χ4v) is 3.81. The van der Waals surface area contributed by atoms with Crippen LogP contribution < -0.4 is 15.8 Å².